The number of nitrogens with one attached hydrogen (secondary N) is 2. The van der Waals surface area contributed by atoms with Gasteiger partial charge in [0.15, 0.2) is 11.0 Å². The summed E-state index contributed by atoms with van der Waals surface area (Å²) in [5, 5.41) is 16.0. The van der Waals surface area contributed by atoms with Crippen LogP contribution in [-0.4, -0.2) is 42.1 Å². The zero-order valence-electron chi connectivity index (χ0n) is 22.3. The molecule has 204 valence electrons. The van der Waals surface area contributed by atoms with Crippen molar-refractivity contribution in [2.45, 2.75) is 30.8 Å². The molecule has 1 unspecified atom stereocenters. The van der Waals surface area contributed by atoms with Crippen LogP contribution >= 0.6 is 23.4 Å². The third-order valence-corrected chi connectivity index (χ3v) is 7.15. The van der Waals surface area contributed by atoms with Gasteiger partial charge in [0.1, 0.15) is 17.2 Å². The van der Waals surface area contributed by atoms with Crippen molar-refractivity contribution in [3.05, 3.63) is 82.6 Å². The Morgan fingerprint density at radius 2 is 1.69 bits per heavy atom. The molecule has 0 fully saturated rings. The molecule has 1 atom stereocenters. The molecule has 2 N–H and O–H groups in total. The first-order chi connectivity index (χ1) is 18.8. The van der Waals surface area contributed by atoms with E-state index in [-0.39, 0.29) is 0 Å². The van der Waals surface area contributed by atoms with E-state index in [4.69, 9.17) is 25.8 Å². The molecule has 0 radical (unpaired) electrons. The summed E-state index contributed by atoms with van der Waals surface area (Å²) in [4.78, 5) is 12.9. The molecule has 4 aromatic rings. The largest absolute Gasteiger partial charge is 0.497 e. The Hall–Kier alpha value is -3.89. The predicted molar refractivity (Wildman–Crippen MR) is 154 cm³/mol. The molecule has 9 nitrogen and oxygen atoms in total. The van der Waals surface area contributed by atoms with E-state index >= 15 is 0 Å². The van der Waals surface area contributed by atoms with Crippen molar-refractivity contribution < 1.29 is 19.0 Å². The summed E-state index contributed by atoms with van der Waals surface area (Å²) in [6.45, 7) is 3.84. The minimum Gasteiger partial charge on any atom is -0.497 e. The maximum Gasteiger partial charge on any atom is 0.319 e. The highest BCUT2D eigenvalue weighted by atomic mass is 35.5. The average Bonchev–Trinajstić information content (AvgIpc) is 3.36. The first kappa shape index (κ1) is 28.1. The molecular weight excluding hydrogens is 538 g/mol. The molecule has 0 saturated carbocycles. The highest BCUT2D eigenvalue weighted by molar-refractivity contribution is 7.98. The van der Waals surface area contributed by atoms with E-state index in [9.17, 15) is 4.79 Å². The van der Waals surface area contributed by atoms with E-state index < -0.39 is 12.1 Å². The lowest BCUT2D eigenvalue weighted by Crippen LogP contribution is -2.32. The van der Waals surface area contributed by atoms with Gasteiger partial charge in [0.05, 0.1) is 33.1 Å². The van der Waals surface area contributed by atoms with Crippen LogP contribution in [-0.2, 0) is 5.75 Å². The normalized spacial score (nSPS) is 11.5. The number of carbonyl (C=O) groups excluding carboxylic acids is 1. The van der Waals surface area contributed by atoms with E-state index in [0.29, 0.717) is 38.9 Å². The molecule has 11 heteroatoms. The van der Waals surface area contributed by atoms with Crippen molar-refractivity contribution in [1.82, 2.24) is 20.1 Å². The van der Waals surface area contributed by atoms with Crippen molar-refractivity contribution in [3.8, 4) is 22.9 Å². The third-order valence-electron chi connectivity index (χ3n) is 5.92. The lowest BCUT2D eigenvalue weighted by atomic mass is 10.2. The Bertz CT molecular complexity index is 1440. The number of hydrogen-bond donors (Lipinski definition) is 2. The standard InChI is InChI=1S/C28H30ClN5O4S/c1-17-9-10-20(29)12-25(17)34-26(32-33-28(34)39-16-19-7-6-8-22(11-19)36-3)18(2)30-27(35)31-21-13-23(37-4)15-24(14-21)38-5/h6-15,18H,16H2,1-5H3,(H2,30,31,35). The molecule has 0 aliphatic heterocycles. The molecule has 0 aliphatic carbocycles. The number of urea groups is 1. The van der Waals surface area contributed by atoms with Gasteiger partial charge in [0.25, 0.3) is 0 Å². The fourth-order valence-electron chi connectivity index (χ4n) is 3.92. The summed E-state index contributed by atoms with van der Waals surface area (Å²) in [6.07, 6.45) is 0. The van der Waals surface area contributed by atoms with Gasteiger partial charge in [-0.2, -0.15) is 0 Å². The zero-order valence-corrected chi connectivity index (χ0v) is 23.9. The lowest BCUT2D eigenvalue weighted by molar-refractivity contribution is 0.248. The molecule has 0 spiro atoms. The maximum absolute atomic E-state index is 12.9. The molecule has 3 aromatic carbocycles. The second-order valence-corrected chi connectivity index (χ2v) is 10.0. The van der Waals surface area contributed by atoms with Crippen molar-refractivity contribution in [1.29, 1.82) is 0 Å². The van der Waals surface area contributed by atoms with Gasteiger partial charge in [-0.25, -0.2) is 4.79 Å². The number of ether oxygens (including phenoxy) is 3. The van der Waals surface area contributed by atoms with Gasteiger partial charge in [0.2, 0.25) is 0 Å². The number of methoxy groups -OCH3 is 3. The van der Waals surface area contributed by atoms with Crippen LogP contribution in [0.15, 0.2) is 65.8 Å². The van der Waals surface area contributed by atoms with Gasteiger partial charge in [-0.15, -0.1) is 10.2 Å². The predicted octanol–water partition coefficient (Wildman–Crippen LogP) is 6.43. The average molecular weight is 568 g/mol. The number of rotatable bonds is 10. The minimum absolute atomic E-state index is 0.416. The summed E-state index contributed by atoms with van der Waals surface area (Å²) in [5.74, 6) is 3.12. The molecule has 1 heterocycles. The zero-order chi connectivity index (χ0) is 27.9. The van der Waals surface area contributed by atoms with Crippen molar-refractivity contribution in [3.63, 3.8) is 0 Å². The molecule has 4 rings (SSSR count). The number of carbonyl (C=O) groups is 1. The quantitative estimate of drug-likeness (QED) is 0.213. The van der Waals surface area contributed by atoms with Gasteiger partial charge in [-0.3, -0.25) is 4.57 Å². The van der Waals surface area contributed by atoms with Gasteiger partial charge >= 0.3 is 6.03 Å². The van der Waals surface area contributed by atoms with E-state index in [1.54, 1.807) is 39.5 Å². The molecule has 0 aliphatic rings. The van der Waals surface area contributed by atoms with Gasteiger partial charge in [-0.05, 0) is 49.2 Å². The summed E-state index contributed by atoms with van der Waals surface area (Å²) >= 11 is 7.90. The first-order valence-corrected chi connectivity index (χ1v) is 13.5. The Balaban J connectivity index is 1.60. The van der Waals surface area contributed by atoms with Crippen LogP contribution in [0.1, 0.15) is 29.9 Å². The van der Waals surface area contributed by atoms with E-state index in [1.165, 1.54) is 11.8 Å². The topological polar surface area (TPSA) is 99.5 Å². The Labute approximate surface area is 236 Å². The number of aromatic nitrogens is 3. The number of amides is 2. The molecular formula is C28H30ClN5O4S. The van der Waals surface area contributed by atoms with Crippen molar-refractivity contribution >= 4 is 35.1 Å². The summed E-state index contributed by atoms with van der Waals surface area (Å²) < 4.78 is 17.9. The molecule has 2 amide bonds. The fourth-order valence-corrected chi connectivity index (χ4v) is 4.98. The van der Waals surface area contributed by atoms with Crippen molar-refractivity contribution in [2.75, 3.05) is 26.6 Å². The third kappa shape index (κ3) is 6.96. The number of benzene rings is 3. The number of aryl methyl sites for hydroxylation is 1. The smallest absolute Gasteiger partial charge is 0.319 e. The number of hydrogen-bond acceptors (Lipinski definition) is 7. The number of nitrogens with zero attached hydrogens (tertiary/aromatic N) is 3. The van der Waals surface area contributed by atoms with E-state index in [2.05, 4.69) is 20.8 Å². The van der Waals surface area contributed by atoms with E-state index in [1.807, 2.05) is 60.9 Å². The Morgan fingerprint density at radius 3 is 2.38 bits per heavy atom. The highest BCUT2D eigenvalue weighted by Gasteiger charge is 2.22. The number of anilines is 1. The van der Waals surface area contributed by atoms with Gasteiger partial charge in [0, 0.05) is 34.7 Å². The molecule has 1 aromatic heterocycles. The van der Waals surface area contributed by atoms with Crippen LogP contribution in [0, 0.1) is 6.92 Å². The van der Waals surface area contributed by atoms with Crippen LogP contribution in [0.25, 0.3) is 5.69 Å². The van der Waals surface area contributed by atoms with Gasteiger partial charge in [-0.1, -0.05) is 41.6 Å². The monoisotopic (exact) mass is 567 g/mol. The minimum atomic E-state index is -0.491. The number of thioether (sulfide) groups is 1. The number of halogens is 1. The summed E-state index contributed by atoms with van der Waals surface area (Å²) in [7, 11) is 4.75. The summed E-state index contributed by atoms with van der Waals surface area (Å²) in [6, 6.07) is 17.8. The second-order valence-electron chi connectivity index (χ2n) is 8.67. The Kier molecular flexibility index (Phi) is 9.21. The second kappa shape index (κ2) is 12.8. The Morgan fingerprint density at radius 1 is 0.974 bits per heavy atom. The van der Waals surface area contributed by atoms with E-state index in [0.717, 1.165) is 22.6 Å². The SMILES string of the molecule is COc1cccc(CSc2nnc(C(C)NC(=O)Nc3cc(OC)cc(OC)c3)n2-c2cc(Cl)ccc2C)c1. The molecule has 0 saturated heterocycles. The van der Waals surface area contributed by atoms with Crippen LogP contribution in [0.5, 0.6) is 17.2 Å². The van der Waals surface area contributed by atoms with Crippen LogP contribution in [0.4, 0.5) is 10.5 Å². The van der Waals surface area contributed by atoms with Crippen molar-refractivity contribution in [2.24, 2.45) is 0 Å². The molecule has 0 bridgehead atoms. The highest BCUT2D eigenvalue weighted by Crippen LogP contribution is 2.31. The lowest BCUT2D eigenvalue weighted by Gasteiger charge is -2.18. The summed E-state index contributed by atoms with van der Waals surface area (Å²) in [5.41, 5.74) is 3.43. The maximum atomic E-state index is 12.9. The van der Waals surface area contributed by atoms with Crippen LogP contribution < -0.4 is 24.8 Å². The van der Waals surface area contributed by atoms with Crippen LogP contribution in [0.2, 0.25) is 5.02 Å². The fraction of sp³-hybridized carbons (Fsp3) is 0.250. The molecule has 39 heavy (non-hydrogen) atoms. The van der Waals surface area contributed by atoms with Crippen LogP contribution in [0.3, 0.4) is 0 Å². The first-order valence-electron chi connectivity index (χ1n) is 12.1. The van der Waals surface area contributed by atoms with Gasteiger partial charge < -0.3 is 24.8 Å².